The van der Waals surface area contributed by atoms with Crippen molar-refractivity contribution in [2.24, 2.45) is 0 Å². The predicted molar refractivity (Wildman–Crippen MR) is 90.9 cm³/mol. The number of aliphatic hydroxyl groups is 1. The summed E-state index contributed by atoms with van der Waals surface area (Å²) in [6.45, 7) is 2.34. The van der Waals surface area contributed by atoms with Crippen molar-refractivity contribution in [3.05, 3.63) is 33.4 Å². The van der Waals surface area contributed by atoms with E-state index in [9.17, 15) is 23.1 Å². The molecule has 152 valence electrons. The number of alkyl halides is 3. The molecule has 2 aromatic rings. The van der Waals surface area contributed by atoms with Gasteiger partial charge < -0.3 is 14.5 Å². The first-order chi connectivity index (χ1) is 13.0. The Morgan fingerprint density at radius 3 is 2.68 bits per heavy atom. The Bertz CT molecular complexity index is 933. The molecule has 1 aliphatic heterocycles. The van der Waals surface area contributed by atoms with Gasteiger partial charge in [-0.25, -0.2) is 0 Å². The Labute approximate surface area is 162 Å². The van der Waals surface area contributed by atoms with Gasteiger partial charge in [-0.2, -0.15) is 18.3 Å². The third-order valence-corrected chi connectivity index (χ3v) is 5.72. The molecule has 1 aliphatic carbocycles. The van der Waals surface area contributed by atoms with Crippen molar-refractivity contribution >= 4 is 17.5 Å². The van der Waals surface area contributed by atoms with E-state index < -0.39 is 29.3 Å². The van der Waals surface area contributed by atoms with Gasteiger partial charge in [0.25, 0.3) is 5.91 Å². The molecular weight excluding hydrogens is 401 g/mol. The zero-order chi connectivity index (χ0) is 20.4. The van der Waals surface area contributed by atoms with Crippen molar-refractivity contribution in [1.82, 2.24) is 20.3 Å². The van der Waals surface area contributed by atoms with Crippen molar-refractivity contribution < 1.29 is 27.6 Å². The summed E-state index contributed by atoms with van der Waals surface area (Å²) in [6.07, 6.45) is -2.96. The summed E-state index contributed by atoms with van der Waals surface area (Å²) in [5, 5.41) is 20.5. The molecule has 2 aliphatic rings. The van der Waals surface area contributed by atoms with Crippen LogP contribution in [0.25, 0.3) is 0 Å². The molecule has 2 aromatic heterocycles. The summed E-state index contributed by atoms with van der Waals surface area (Å²) in [7, 11) is 0. The fourth-order valence-electron chi connectivity index (χ4n) is 3.52. The molecule has 1 amide bonds. The topological polar surface area (TPSA) is 95.3 Å². The lowest BCUT2D eigenvalue weighted by Crippen LogP contribution is -2.42. The van der Waals surface area contributed by atoms with Crippen molar-refractivity contribution in [3.63, 3.8) is 0 Å². The highest BCUT2D eigenvalue weighted by atomic mass is 35.5. The Morgan fingerprint density at radius 2 is 2.07 bits per heavy atom. The first kappa shape index (κ1) is 19.3. The highest BCUT2D eigenvalue weighted by Crippen LogP contribution is 2.45. The molecule has 0 unspecified atom stereocenters. The van der Waals surface area contributed by atoms with E-state index in [2.05, 4.69) is 15.4 Å². The standard InChI is InChI=1S/C17H18ClF3N4O3/c1-7-5-25(15(26)13-11(18)12(22-23-13)8-3-4-8)6-9-10(7)14(24-28-9)16(2,27)17(19,20)21/h7-8,27H,3-6H2,1-2H3,(H,22,23)/t7-,16+/m0/s1. The first-order valence-electron chi connectivity index (χ1n) is 8.83. The maximum absolute atomic E-state index is 13.2. The van der Waals surface area contributed by atoms with Crippen LogP contribution in [0.1, 0.15) is 71.7 Å². The number of nitrogens with zero attached hydrogens (tertiary/aromatic N) is 3. The summed E-state index contributed by atoms with van der Waals surface area (Å²) >= 11 is 6.29. The third kappa shape index (κ3) is 2.89. The number of nitrogens with one attached hydrogen (secondary N) is 1. The van der Waals surface area contributed by atoms with Crippen LogP contribution >= 0.6 is 11.6 Å². The average molecular weight is 419 g/mol. The van der Waals surface area contributed by atoms with Crippen molar-refractivity contribution in [3.8, 4) is 0 Å². The predicted octanol–water partition coefficient (Wildman–Crippen LogP) is 3.46. The number of rotatable bonds is 3. The number of carbonyl (C=O) groups is 1. The SMILES string of the molecule is C[C@H]1CN(C(=O)c2[nH]nc(C3CC3)c2Cl)Cc2onc([C@@](C)(O)C(F)(F)F)c21. The molecule has 1 saturated carbocycles. The van der Waals surface area contributed by atoms with E-state index >= 15 is 0 Å². The summed E-state index contributed by atoms with van der Waals surface area (Å²) < 4.78 is 44.7. The van der Waals surface area contributed by atoms with Gasteiger partial charge in [0.05, 0.1) is 17.3 Å². The fourth-order valence-corrected chi connectivity index (χ4v) is 3.84. The highest BCUT2D eigenvalue weighted by molar-refractivity contribution is 6.34. The molecule has 28 heavy (non-hydrogen) atoms. The lowest BCUT2D eigenvalue weighted by Gasteiger charge is -2.32. The quantitative estimate of drug-likeness (QED) is 0.796. The molecule has 2 N–H and O–H groups in total. The van der Waals surface area contributed by atoms with Gasteiger partial charge in [-0.1, -0.05) is 23.7 Å². The van der Waals surface area contributed by atoms with Crippen LogP contribution in [0.2, 0.25) is 5.02 Å². The number of halogens is 4. The summed E-state index contributed by atoms with van der Waals surface area (Å²) in [5.74, 6) is -0.557. The molecule has 0 bridgehead atoms. The molecule has 0 aromatic carbocycles. The van der Waals surface area contributed by atoms with E-state index in [1.807, 2.05) is 0 Å². The number of aromatic amines is 1. The maximum atomic E-state index is 13.2. The Balaban J connectivity index is 1.62. The van der Waals surface area contributed by atoms with Gasteiger partial charge in [-0.15, -0.1) is 0 Å². The van der Waals surface area contributed by atoms with Crippen LogP contribution < -0.4 is 0 Å². The Morgan fingerprint density at radius 1 is 1.39 bits per heavy atom. The maximum Gasteiger partial charge on any atom is 0.422 e. The monoisotopic (exact) mass is 418 g/mol. The highest BCUT2D eigenvalue weighted by Gasteiger charge is 2.55. The Hall–Kier alpha value is -2.07. The van der Waals surface area contributed by atoms with E-state index in [1.165, 1.54) is 4.90 Å². The second-order valence-electron chi connectivity index (χ2n) is 7.60. The Kier molecular flexibility index (Phi) is 4.27. The third-order valence-electron chi connectivity index (χ3n) is 5.33. The lowest BCUT2D eigenvalue weighted by molar-refractivity contribution is -0.261. The van der Waals surface area contributed by atoms with Crippen LogP contribution in [0.15, 0.2) is 4.52 Å². The number of amides is 1. The second kappa shape index (κ2) is 6.21. The summed E-state index contributed by atoms with van der Waals surface area (Å²) in [5.41, 5.74) is -2.71. The molecule has 2 atom stereocenters. The second-order valence-corrected chi connectivity index (χ2v) is 7.97. The van der Waals surface area contributed by atoms with Gasteiger partial charge in [0.15, 0.2) is 5.76 Å². The van der Waals surface area contributed by atoms with Crippen LogP contribution in [0, 0.1) is 0 Å². The zero-order valence-corrected chi connectivity index (χ0v) is 15.9. The van der Waals surface area contributed by atoms with Gasteiger partial charge >= 0.3 is 6.18 Å². The molecule has 0 radical (unpaired) electrons. The first-order valence-corrected chi connectivity index (χ1v) is 9.21. The van der Waals surface area contributed by atoms with Gasteiger partial charge in [0, 0.05) is 23.9 Å². The summed E-state index contributed by atoms with van der Waals surface area (Å²) in [6, 6.07) is 0. The number of fused-ring (bicyclic) bond motifs is 1. The van der Waals surface area contributed by atoms with Crippen molar-refractivity contribution in [2.45, 2.75) is 56.8 Å². The minimum absolute atomic E-state index is 0.0758. The number of H-pyrrole nitrogens is 1. The van der Waals surface area contributed by atoms with Gasteiger partial charge in [0.1, 0.15) is 11.4 Å². The normalized spacial score (nSPS) is 22.1. The van der Waals surface area contributed by atoms with Gasteiger partial charge in [-0.3, -0.25) is 9.89 Å². The minimum atomic E-state index is -4.91. The van der Waals surface area contributed by atoms with Gasteiger partial charge in [-0.05, 0) is 19.8 Å². The smallest absolute Gasteiger partial charge is 0.375 e. The van der Waals surface area contributed by atoms with Crippen LogP contribution in [0.4, 0.5) is 13.2 Å². The average Bonchev–Trinajstić information content (AvgIpc) is 3.22. The molecule has 0 spiro atoms. The van der Waals surface area contributed by atoms with Crippen LogP contribution in [0.5, 0.6) is 0 Å². The number of aromatic nitrogens is 3. The van der Waals surface area contributed by atoms with E-state index in [1.54, 1.807) is 6.92 Å². The molecule has 1 fully saturated rings. The molecular formula is C17H18ClF3N4O3. The molecule has 4 rings (SSSR count). The van der Waals surface area contributed by atoms with E-state index in [0.717, 1.165) is 12.8 Å². The fraction of sp³-hybridized carbons (Fsp3) is 0.588. The number of hydrogen-bond acceptors (Lipinski definition) is 5. The van der Waals surface area contributed by atoms with Crippen molar-refractivity contribution in [2.75, 3.05) is 6.54 Å². The lowest BCUT2D eigenvalue weighted by atomic mass is 9.87. The zero-order valence-electron chi connectivity index (χ0n) is 15.1. The van der Waals surface area contributed by atoms with Crippen LogP contribution in [-0.2, 0) is 12.1 Å². The number of carbonyl (C=O) groups excluding carboxylic acids is 1. The minimum Gasteiger partial charge on any atom is -0.375 e. The van der Waals surface area contributed by atoms with Crippen molar-refractivity contribution in [1.29, 1.82) is 0 Å². The number of hydrogen-bond donors (Lipinski definition) is 2. The molecule has 11 heteroatoms. The summed E-state index contributed by atoms with van der Waals surface area (Å²) in [4.78, 5) is 14.3. The van der Waals surface area contributed by atoms with E-state index in [0.29, 0.717) is 12.6 Å². The van der Waals surface area contributed by atoms with E-state index in [-0.39, 0.29) is 41.0 Å². The van der Waals surface area contributed by atoms with Crippen LogP contribution in [0.3, 0.4) is 0 Å². The van der Waals surface area contributed by atoms with Crippen LogP contribution in [-0.4, -0.2) is 44.0 Å². The van der Waals surface area contributed by atoms with Gasteiger partial charge in [0.2, 0.25) is 5.60 Å². The van der Waals surface area contributed by atoms with E-state index in [4.69, 9.17) is 16.1 Å². The molecule has 3 heterocycles. The largest absolute Gasteiger partial charge is 0.422 e. The molecule has 0 saturated heterocycles. The molecule has 7 nitrogen and oxygen atoms in total.